The van der Waals surface area contributed by atoms with E-state index in [0.29, 0.717) is 12.8 Å². The summed E-state index contributed by atoms with van der Waals surface area (Å²) in [5.41, 5.74) is 0. The molecule has 4 nitrogen and oxygen atoms in total. The third-order valence-corrected chi connectivity index (χ3v) is 3.10. The van der Waals surface area contributed by atoms with Crippen LogP contribution in [0, 0.1) is 11.8 Å². The van der Waals surface area contributed by atoms with Crippen molar-refractivity contribution in [2.45, 2.75) is 24.5 Å². The van der Waals surface area contributed by atoms with Gasteiger partial charge in [0.15, 0.2) is 0 Å². The van der Waals surface area contributed by atoms with Crippen molar-refractivity contribution >= 4 is 24.6 Å². The van der Waals surface area contributed by atoms with Crippen LogP contribution >= 0.6 is 12.6 Å². The quantitative estimate of drug-likeness (QED) is 0.583. The Morgan fingerprint density at radius 3 is 2.23 bits per heavy atom. The highest BCUT2D eigenvalue weighted by molar-refractivity contribution is 7.81. The Hall–Kier alpha value is -0.710. The summed E-state index contributed by atoms with van der Waals surface area (Å²) in [7, 11) is 0. The summed E-state index contributed by atoms with van der Waals surface area (Å²) < 4.78 is 0. The first-order chi connectivity index (χ1) is 6.02. The molecule has 1 aliphatic carbocycles. The Labute approximate surface area is 81.4 Å². The molecule has 2 N–H and O–H groups in total. The second kappa shape index (κ2) is 4.00. The third kappa shape index (κ3) is 2.37. The second-order valence-electron chi connectivity index (χ2n) is 3.36. The zero-order valence-corrected chi connectivity index (χ0v) is 7.91. The van der Waals surface area contributed by atoms with Gasteiger partial charge in [-0.25, -0.2) is 0 Å². The van der Waals surface area contributed by atoms with Crippen LogP contribution in [0.15, 0.2) is 0 Å². The first-order valence-electron chi connectivity index (χ1n) is 4.16. The summed E-state index contributed by atoms with van der Waals surface area (Å²) in [5.74, 6) is -2.96. The van der Waals surface area contributed by atoms with E-state index in [-0.39, 0.29) is 11.7 Å². The van der Waals surface area contributed by atoms with Gasteiger partial charge in [0.1, 0.15) is 0 Å². The lowest BCUT2D eigenvalue weighted by Crippen LogP contribution is -2.34. The zero-order valence-electron chi connectivity index (χ0n) is 7.01. The maximum absolute atomic E-state index is 10.7. The van der Waals surface area contributed by atoms with E-state index in [9.17, 15) is 9.59 Å². The smallest absolute Gasteiger partial charge is 0.307 e. The van der Waals surface area contributed by atoms with E-state index in [1.165, 1.54) is 0 Å². The molecular formula is C8H12O4S. The first kappa shape index (κ1) is 10.4. The Balaban J connectivity index is 2.63. The molecule has 5 heteroatoms. The fraction of sp³-hybridized carbons (Fsp3) is 0.750. The molecule has 0 spiro atoms. The van der Waals surface area contributed by atoms with E-state index in [4.69, 9.17) is 10.2 Å². The molecule has 13 heavy (non-hydrogen) atoms. The van der Waals surface area contributed by atoms with E-state index < -0.39 is 23.8 Å². The number of thiol groups is 1. The molecule has 1 aliphatic rings. The molecule has 0 radical (unpaired) electrons. The highest BCUT2D eigenvalue weighted by Crippen LogP contribution is 2.32. The molecule has 0 saturated heterocycles. The lowest BCUT2D eigenvalue weighted by molar-refractivity contribution is -0.147. The van der Waals surface area contributed by atoms with E-state index in [1.807, 2.05) is 0 Å². The Morgan fingerprint density at radius 1 is 1.15 bits per heavy atom. The summed E-state index contributed by atoms with van der Waals surface area (Å²) in [4.78, 5) is 21.3. The molecule has 1 fully saturated rings. The summed E-state index contributed by atoms with van der Waals surface area (Å²) in [5, 5.41) is 17.3. The fourth-order valence-corrected chi connectivity index (χ4v) is 2.04. The molecule has 0 amide bonds. The van der Waals surface area contributed by atoms with Crippen molar-refractivity contribution in [3.05, 3.63) is 0 Å². The van der Waals surface area contributed by atoms with E-state index in [0.717, 1.165) is 0 Å². The topological polar surface area (TPSA) is 74.6 Å². The summed E-state index contributed by atoms with van der Waals surface area (Å²) >= 11 is 4.13. The molecule has 0 bridgehead atoms. The van der Waals surface area contributed by atoms with Crippen molar-refractivity contribution in [1.29, 1.82) is 0 Å². The van der Waals surface area contributed by atoms with Crippen molar-refractivity contribution in [3.8, 4) is 0 Å². The monoisotopic (exact) mass is 204 g/mol. The zero-order chi connectivity index (χ0) is 10.0. The van der Waals surface area contributed by atoms with Crippen LogP contribution in [-0.4, -0.2) is 27.4 Å². The number of carboxylic acid groups (broad SMARTS) is 2. The van der Waals surface area contributed by atoms with Crippen LogP contribution in [0.25, 0.3) is 0 Å². The van der Waals surface area contributed by atoms with Gasteiger partial charge >= 0.3 is 11.9 Å². The van der Waals surface area contributed by atoms with Gasteiger partial charge in [-0.05, 0) is 19.3 Å². The molecule has 0 aromatic heterocycles. The second-order valence-corrected chi connectivity index (χ2v) is 4.02. The van der Waals surface area contributed by atoms with Crippen molar-refractivity contribution in [3.63, 3.8) is 0 Å². The Morgan fingerprint density at radius 2 is 1.77 bits per heavy atom. The van der Waals surface area contributed by atoms with E-state index in [2.05, 4.69) is 12.6 Å². The van der Waals surface area contributed by atoms with Crippen LogP contribution in [-0.2, 0) is 9.59 Å². The van der Waals surface area contributed by atoms with Crippen molar-refractivity contribution in [2.75, 3.05) is 0 Å². The molecule has 3 atom stereocenters. The maximum atomic E-state index is 10.7. The minimum atomic E-state index is -0.939. The van der Waals surface area contributed by atoms with Gasteiger partial charge in [0.25, 0.3) is 0 Å². The molecule has 1 saturated carbocycles. The molecule has 0 aromatic rings. The normalized spacial score (nSPS) is 34.1. The molecule has 1 rings (SSSR count). The van der Waals surface area contributed by atoms with Crippen LogP contribution in [0.1, 0.15) is 19.3 Å². The van der Waals surface area contributed by atoms with Gasteiger partial charge in [0.05, 0.1) is 11.8 Å². The van der Waals surface area contributed by atoms with Crippen LogP contribution in [0.5, 0.6) is 0 Å². The van der Waals surface area contributed by atoms with Crippen molar-refractivity contribution < 1.29 is 19.8 Å². The summed E-state index contributed by atoms with van der Waals surface area (Å²) in [6.45, 7) is 0. The van der Waals surface area contributed by atoms with Crippen LogP contribution in [0.3, 0.4) is 0 Å². The van der Waals surface area contributed by atoms with Crippen molar-refractivity contribution in [1.82, 2.24) is 0 Å². The van der Waals surface area contributed by atoms with Gasteiger partial charge in [-0.3, -0.25) is 9.59 Å². The maximum Gasteiger partial charge on any atom is 0.307 e. The first-order valence-corrected chi connectivity index (χ1v) is 4.67. The largest absolute Gasteiger partial charge is 0.481 e. The van der Waals surface area contributed by atoms with Crippen molar-refractivity contribution in [2.24, 2.45) is 11.8 Å². The minimum absolute atomic E-state index is 0.201. The van der Waals surface area contributed by atoms with Gasteiger partial charge in [0.2, 0.25) is 0 Å². The highest BCUT2D eigenvalue weighted by Gasteiger charge is 2.36. The molecule has 3 unspecified atom stereocenters. The Kier molecular flexibility index (Phi) is 3.19. The van der Waals surface area contributed by atoms with Gasteiger partial charge in [-0.1, -0.05) is 0 Å². The molecular weight excluding hydrogens is 192 g/mol. The molecule has 0 aliphatic heterocycles. The molecule has 0 heterocycles. The van der Waals surface area contributed by atoms with Gasteiger partial charge < -0.3 is 10.2 Å². The summed E-state index contributed by atoms with van der Waals surface area (Å²) in [6, 6.07) is 0. The average molecular weight is 204 g/mol. The van der Waals surface area contributed by atoms with E-state index in [1.54, 1.807) is 0 Å². The van der Waals surface area contributed by atoms with Crippen LogP contribution in [0.2, 0.25) is 0 Å². The predicted octanol–water partition coefficient (Wildman–Crippen LogP) is 0.870. The van der Waals surface area contributed by atoms with Crippen LogP contribution < -0.4 is 0 Å². The minimum Gasteiger partial charge on any atom is -0.481 e. The fourth-order valence-electron chi connectivity index (χ4n) is 1.64. The SMILES string of the molecule is O=C(O)C1CCC(S)C(C(=O)O)C1. The predicted molar refractivity (Wildman–Crippen MR) is 48.9 cm³/mol. The number of hydrogen-bond donors (Lipinski definition) is 3. The molecule has 0 aromatic carbocycles. The third-order valence-electron chi connectivity index (χ3n) is 2.48. The lowest BCUT2D eigenvalue weighted by atomic mass is 9.81. The standard InChI is InChI=1S/C8H12O4S/c9-7(10)4-1-2-6(13)5(3-4)8(11)12/h4-6,13H,1-3H2,(H,9,10)(H,11,12). The van der Waals surface area contributed by atoms with Gasteiger partial charge in [0, 0.05) is 5.25 Å². The lowest BCUT2D eigenvalue weighted by Gasteiger charge is -2.28. The van der Waals surface area contributed by atoms with Gasteiger partial charge in [-0.2, -0.15) is 12.6 Å². The molecule has 74 valence electrons. The number of rotatable bonds is 2. The number of aliphatic carboxylic acids is 2. The average Bonchev–Trinajstić information content (AvgIpc) is 2.04. The van der Waals surface area contributed by atoms with E-state index >= 15 is 0 Å². The van der Waals surface area contributed by atoms with Gasteiger partial charge in [-0.15, -0.1) is 0 Å². The number of hydrogen-bond acceptors (Lipinski definition) is 3. The number of carboxylic acids is 2. The number of carbonyl (C=O) groups is 2. The Bertz CT molecular complexity index is 228. The highest BCUT2D eigenvalue weighted by atomic mass is 32.1. The van der Waals surface area contributed by atoms with Crippen LogP contribution in [0.4, 0.5) is 0 Å². The summed E-state index contributed by atoms with van der Waals surface area (Å²) in [6.07, 6.45) is 1.31.